The van der Waals surface area contributed by atoms with Crippen LogP contribution in [0, 0.1) is 11.5 Å². The van der Waals surface area contributed by atoms with Gasteiger partial charge in [-0.25, -0.2) is 0 Å². The van der Waals surface area contributed by atoms with E-state index in [0.29, 0.717) is 13.1 Å². The molecule has 24 heavy (non-hydrogen) atoms. The number of nitriles is 1. The molecule has 0 radical (unpaired) electrons. The van der Waals surface area contributed by atoms with Crippen LogP contribution in [-0.2, 0) is 11.2 Å². The fraction of sp³-hybridized carbons (Fsp3) is 0.316. The van der Waals surface area contributed by atoms with Gasteiger partial charge in [0.05, 0.1) is 0 Å². The van der Waals surface area contributed by atoms with Gasteiger partial charge in [-0.1, -0.05) is 12.1 Å². The van der Waals surface area contributed by atoms with Gasteiger partial charge in [-0.2, -0.15) is 5.26 Å². The number of fused-ring (bicyclic) bond motifs is 1. The highest BCUT2D eigenvalue weighted by Gasteiger charge is 2.36. The fourth-order valence-electron chi connectivity index (χ4n) is 3.79. The van der Waals surface area contributed by atoms with Crippen LogP contribution in [0.1, 0.15) is 18.4 Å². The number of aromatic nitrogens is 1. The third kappa shape index (κ3) is 2.31. The largest absolute Gasteiger partial charge is 0.310 e. The zero-order chi connectivity index (χ0) is 16.5. The molecule has 1 amide bonds. The molecule has 0 spiro atoms. The Morgan fingerprint density at radius 3 is 2.83 bits per heavy atom. The first kappa shape index (κ1) is 14.7. The summed E-state index contributed by atoms with van der Waals surface area (Å²) in [6, 6.07) is 9.79. The second kappa shape index (κ2) is 5.97. The van der Waals surface area contributed by atoms with Crippen LogP contribution in [0.15, 0.2) is 42.7 Å². The van der Waals surface area contributed by atoms with Gasteiger partial charge in [-0.05, 0) is 54.2 Å². The number of hydrogen-bond donors (Lipinski definition) is 0. The number of benzene rings is 1. The molecule has 0 aliphatic carbocycles. The number of pyridine rings is 1. The molecule has 0 bridgehead atoms. The molecule has 5 nitrogen and oxygen atoms in total. The average molecular weight is 318 g/mol. The second-order valence-electron chi connectivity index (χ2n) is 6.23. The first-order valence-electron chi connectivity index (χ1n) is 8.29. The van der Waals surface area contributed by atoms with E-state index in [1.807, 2.05) is 29.2 Å². The summed E-state index contributed by atoms with van der Waals surface area (Å²) in [4.78, 5) is 20.5. The molecule has 3 heterocycles. The number of rotatable bonds is 2. The lowest BCUT2D eigenvalue weighted by molar-refractivity contribution is -0.121. The van der Waals surface area contributed by atoms with Crippen molar-refractivity contribution in [2.24, 2.45) is 0 Å². The van der Waals surface area contributed by atoms with Gasteiger partial charge in [0.25, 0.3) is 0 Å². The Labute approximate surface area is 141 Å². The Morgan fingerprint density at radius 1 is 1.21 bits per heavy atom. The van der Waals surface area contributed by atoms with Crippen molar-refractivity contribution < 1.29 is 4.79 Å². The molecule has 1 fully saturated rings. The quantitative estimate of drug-likeness (QED) is 0.799. The molecule has 1 atom stereocenters. The van der Waals surface area contributed by atoms with Crippen molar-refractivity contribution in [1.82, 2.24) is 9.88 Å². The summed E-state index contributed by atoms with van der Waals surface area (Å²) >= 11 is 0. The van der Waals surface area contributed by atoms with Gasteiger partial charge in [-0.15, -0.1) is 0 Å². The number of carbonyl (C=O) groups is 1. The molecule has 2 aliphatic rings. The minimum absolute atomic E-state index is 0.0553. The molecule has 4 rings (SSSR count). The second-order valence-corrected chi connectivity index (χ2v) is 6.23. The van der Waals surface area contributed by atoms with E-state index in [0.717, 1.165) is 36.1 Å². The van der Waals surface area contributed by atoms with Crippen molar-refractivity contribution >= 4 is 11.6 Å². The maximum absolute atomic E-state index is 13.0. The van der Waals surface area contributed by atoms with Gasteiger partial charge in [-0.3, -0.25) is 14.7 Å². The van der Waals surface area contributed by atoms with Gasteiger partial charge in [0.1, 0.15) is 6.04 Å². The molecule has 0 N–H and O–H groups in total. The maximum atomic E-state index is 13.0. The predicted octanol–water partition coefficient (Wildman–Crippen LogP) is 2.58. The summed E-state index contributed by atoms with van der Waals surface area (Å²) in [5.41, 5.74) is 4.47. The Morgan fingerprint density at radius 2 is 2.04 bits per heavy atom. The van der Waals surface area contributed by atoms with E-state index in [4.69, 9.17) is 0 Å². The highest BCUT2D eigenvalue weighted by atomic mass is 16.2. The van der Waals surface area contributed by atoms with Crippen molar-refractivity contribution in [3.8, 4) is 17.3 Å². The summed E-state index contributed by atoms with van der Waals surface area (Å²) in [5, 5.41) is 9.22. The Kier molecular flexibility index (Phi) is 3.66. The summed E-state index contributed by atoms with van der Waals surface area (Å²) in [6.07, 6.45) is 8.25. The van der Waals surface area contributed by atoms with Crippen LogP contribution in [0.4, 0.5) is 5.69 Å². The Balaban J connectivity index is 1.68. The summed E-state index contributed by atoms with van der Waals surface area (Å²) in [6.45, 7) is 1.37. The number of hydrogen-bond acceptors (Lipinski definition) is 4. The van der Waals surface area contributed by atoms with Crippen LogP contribution in [0.25, 0.3) is 11.1 Å². The van der Waals surface area contributed by atoms with Crippen molar-refractivity contribution in [3.05, 3.63) is 48.3 Å². The van der Waals surface area contributed by atoms with Crippen LogP contribution in [-0.4, -0.2) is 34.9 Å². The lowest BCUT2D eigenvalue weighted by Crippen LogP contribution is -2.43. The first-order valence-corrected chi connectivity index (χ1v) is 8.29. The van der Waals surface area contributed by atoms with Crippen LogP contribution in [0.2, 0.25) is 0 Å². The van der Waals surface area contributed by atoms with Gasteiger partial charge in [0, 0.05) is 31.2 Å². The van der Waals surface area contributed by atoms with E-state index in [2.05, 4.69) is 17.2 Å². The number of nitrogens with zero attached hydrogens (tertiary/aromatic N) is 4. The zero-order valence-corrected chi connectivity index (χ0v) is 13.4. The van der Waals surface area contributed by atoms with E-state index in [9.17, 15) is 10.1 Å². The van der Waals surface area contributed by atoms with Gasteiger partial charge in [0.2, 0.25) is 5.91 Å². The number of likely N-dealkylation sites (tertiary alicyclic amines) is 1. The monoisotopic (exact) mass is 318 g/mol. The van der Waals surface area contributed by atoms with Gasteiger partial charge in [0.15, 0.2) is 6.19 Å². The summed E-state index contributed by atoms with van der Waals surface area (Å²) in [7, 11) is 0. The molecule has 2 aliphatic heterocycles. The zero-order valence-electron chi connectivity index (χ0n) is 13.4. The summed E-state index contributed by atoms with van der Waals surface area (Å²) in [5.74, 6) is 0.0553. The molecular formula is C19H18N4O. The topological polar surface area (TPSA) is 60.2 Å². The van der Waals surface area contributed by atoms with Crippen molar-refractivity contribution in [3.63, 3.8) is 0 Å². The Hall–Kier alpha value is -2.87. The third-order valence-corrected chi connectivity index (χ3v) is 4.95. The van der Waals surface area contributed by atoms with Crippen LogP contribution in [0.3, 0.4) is 0 Å². The van der Waals surface area contributed by atoms with Crippen LogP contribution < -0.4 is 4.90 Å². The van der Waals surface area contributed by atoms with E-state index >= 15 is 0 Å². The first-order chi connectivity index (χ1) is 11.8. The van der Waals surface area contributed by atoms with Crippen molar-refractivity contribution in [2.75, 3.05) is 18.0 Å². The molecule has 5 heteroatoms. The summed E-state index contributed by atoms with van der Waals surface area (Å²) < 4.78 is 0. The predicted molar refractivity (Wildman–Crippen MR) is 91.1 cm³/mol. The van der Waals surface area contributed by atoms with Gasteiger partial charge >= 0.3 is 0 Å². The van der Waals surface area contributed by atoms with Crippen LogP contribution >= 0.6 is 0 Å². The number of carbonyl (C=O) groups excluding carboxylic acids is 1. The lowest BCUT2D eigenvalue weighted by atomic mass is 9.99. The Bertz CT molecular complexity index is 812. The molecule has 0 saturated carbocycles. The lowest BCUT2D eigenvalue weighted by Gasteiger charge is -2.25. The minimum atomic E-state index is -0.300. The highest BCUT2D eigenvalue weighted by molar-refractivity contribution is 6.00. The SMILES string of the molecule is N#CN1CCCC1C(=O)N1CCc2c(-c3ccncc3)cccc21. The van der Waals surface area contributed by atoms with Crippen LogP contribution in [0.5, 0.6) is 0 Å². The number of anilines is 1. The molecule has 2 aromatic rings. The van der Waals surface area contributed by atoms with Crippen molar-refractivity contribution in [1.29, 1.82) is 5.26 Å². The van der Waals surface area contributed by atoms with Crippen molar-refractivity contribution in [2.45, 2.75) is 25.3 Å². The minimum Gasteiger partial charge on any atom is -0.310 e. The standard InChI is InChI=1S/C19H18N4O/c20-13-22-11-2-5-18(22)19(24)23-12-8-16-15(3-1-4-17(16)23)14-6-9-21-10-7-14/h1,3-4,6-7,9-10,18H,2,5,8,11-12H2. The van der Waals surface area contributed by atoms with E-state index in [-0.39, 0.29) is 11.9 Å². The normalized spacial score (nSPS) is 19.2. The smallest absolute Gasteiger partial charge is 0.250 e. The molecular weight excluding hydrogens is 300 g/mol. The fourth-order valence-corrected chi connectivity index (χ4v) is 3.79. The van der Waals surface area contributed by atoms with E-state index < -0.39 is 0 Å². The average Bonchev–Trinajstić information content (AvgIpc) is 3.28. The van der Waals surface area contributed by atoms with E-state index in [1.54, 1.807) is 17.3 Å². The number of amides is 1. The maximum Gasteiger partial charge on any atom is 0.250 e. The molecule has 120 valence electrons. The van der Waals surface area contributed by atoms with E-state index in [1.165, 1.54) is 5.56 Å². The molecule has 1 unspecified atom stereocenters. The molecule has 1 aromatic carbocycles. The molecule has 1 aromatic heterocycles. The molecule has 1 saturated heterocycles. The van der Waals surface area contributed by atoms with Gasteiger partial charge < -0.3 is 4.90 Å². The third-order valence-electron chi connectivity index (χ3n) is 4.95. The highest BCUT2D eigenvalue weighted by Crippen LogP contribution is 2.37.